The van der Waals surface area contributed by atoms with E-state index in [0.29, 0.717) is 0 Å². The first kappa shape index (κ1) is 11.4. The Morgan fingerprint density at radius 2 is 1.53 bits per heavy atom. The number of hydrogen-bond donors (Lipinski definition) is 1. The summed E-state index contributed by atoms with van der Waals surface area (Å²) in [6.07, 6.45) is 1.21. The van der Waals surface area contributed by atoms with Gasteiger partial charge >= 0.3 is 0 Å². The van der Waals surface area contributed by atoms with Crippen LogP contribution in [0, 0.1) is 0 Å². The van der Waals surface area contributed by atoms with Crippen LogP contribution in [0.4, 0.5) is 0 Å². The summed E-state index contributed by atoms with van der Waals surface area (Å²) >= 11 is 0. The first-order valence-corrected chi connectivity index (χ1v) is 6.53. The van der Waals surface area contributed by atoms with Gasteiger partial charge in [-0.1, -0.05) is 0 Å². The summed E-state index contributed by atoms with van der Waals surface area (Å²) in [5.41, 5.74) is 5.63. The minimum atomic E-state index is 0.821. The lowest BCUT2D eigenvalue weighted by atomic mass is 10.0. The molecule has 2 N–H and O–H groups in total. The first-order valence-electron chi connectivity index (χ1n) is 6.53. The van der Waals surface area contributed by atoms with Gasteiger partial charge < -0.3 is 14.7 Å². The van der Waals surface area contributed by atoms with E-state index >= 15 is 0 Å². The van der Waals surface area contributed by atoms with Crippen LogP contribution in [-0.2, 0) is 0 Å². The van der Waals surface area contributed by atoms with Crippen molar-refractivity contribution in [2.75, 3.05) is 52.4 Å². The van der Waals surface area contributed by atoms with E-state index in [1.54, 1.807) is 0 Å². The third-order valence-corrected chi connectivity index (χ3v) is 4.99. The van der Waals surface area contributed by atoms with E-state index in [-0.39, 0.29) is 0 Å². The molecule has 0 aliphatic carbocycles. The molecule has 0 unspecified atom stereocenters. The molecule has 3 fully saturated rings. The van der Waals surface area contributed by atoms with Gasteiger partial charge in [0.25, 0.3) is 0 Å². The fourth-order valence-electron chi connectivity index (χ4n) is 3.44. The molecule has 0 atom stereocenters. The SMILES string of the molecule is CC(C)[N+]12CC[N+](CCCN)(CC1)CC2. The predicted molar refractivity (Wildman–Crippen MR) is 63.4 cm³/mol. The number of fused-ring (bicyclic) bond motifs is 3. The molecule has 0 aromatic heterocycles. The summed E-state index contributed by atoms with van der Waals surface area (Å²) in [5, 5.41) is 0. The molecule has 3 rings (SSSR count). The lowest BCUT2D eigenvalue weighted by Gasteiger charge is -2.57. The summed E-state index contributed by atoms with van der Waals surface area (Å²) in [6.45, 7) is 15.4. The minimum absolute atomic E-state index is 0.821. The number of rotatable bonds is 4. The number of hydrogen-bond acceptors (Lipinski definition) is 1. The minimum Gasteiger partial charge on any atom is -0.330 e. The molecule has 3 nitrogen and oxygen atoms in total. The van der Waals surface area contributed by atoms with E-state index in [9.17, 15) is 0 Å². The van der Waals surface area contributed by atoms with Gasteiger partial charge in [0.05, 0.1) is 12.6 Å². The quantitative estimate of drug-likeness (QED) is 0.672. The molecule has 15 heavy (non-hydrogen) atoms. The molecule has 3 saturated heterocycles. The van der Waals surface area contributed by atoms with E-state index in [1.165, 1.54) is 61.2 Å². The van der Waals surface area contributed by atoms with Crippen LogP contribution in [0.15, 0.2) is 0 Å². The van der Waals surface area contributed by atoms with Crippen LogP contribution in [0.3, 0.4) is 0 Å². The van der Waals surface area contributed by atoms with Gasteiger partial charge in [-0.3, -0.25) is 0 Å². The molecule has 0 aromatic rings. The number of nitrogens with two attached hydrogens (primary N) is 1. The van der Waals surface area contributed by atoms with Gasteiger partial charge in [-0.15, -0.1) is 0 Å². The lowest BCUT2D eigenvalue weighted by Crippen LogP contribution is -2.76. The summed E-state index contributed by atoms with van der Waals surface area (Å²) in [4.78, 5) is 0. The highest BCUT2D eigenvalue weighted by atomic mass is 15.5. The predicted octanol–water partition coefficient (Wildman–Crippen LogP) is 0.404. The normalized spacial score (nSPS) is 40.0. The molecule has 0 saturated carbocycles. The average molecular weight is 213 g/mol. The van der Waals surface area contributed by atoms with Gasteiger partial charge in [0.2, 0.25) is 0 Å². The number of piperazine rings is 3. The third-order valence-electron chi connectivity index (χ3n) is 4.99. The van der Waals surface area contributed by atoms with Gasteiger partial charge in [-0.2, -0.15) is 0 Å². The van der Waals surface area contributed by atoms with E-state index in [4.69, 9.17) is 5.73 Å². The molecule has 0 amide bonds. The fraction of sp³-hybridized carbons (Fsp3) is 1.00. The monoisotopic (exact) mass is 213 g/mol. The molecule has 3 heteroatoms. The Hall–Kier alpha value is -0.120. The van der Waals surface area contributed by atoms with E-state index in [2.05, 4.69) is 13.8 Å². The molecular formula is C12H27N3+2. The van der Waals surface area contributed by atoms with E-state index in [1.807, 2.05) is 0 Å². The van der Waals surface area contributed by atoms with Crippen molar-refractivity contribution < 1.29 is 8.97 Å². The van der Waals surface area contributed by atoms with Crippen LogP contribution in [0.5, 0.6) is 0 Å². The standard InChI is InChI=1S/C12H27N3/c1-12(2)15-9-6-14(7-10-15,8-11-15)5-3-4-13/h12H,3-11,13H2,1-2H3/q+2. The maximum absolute atomic E-state index is 5.63. The van der Waals surface area contributed by atoms with Gasteiger partial charge in [0, 0.05) is 6.42 Å². The van der Waals surface area contributed by atoms with Crippen LogP contribution < -0.4 is 5.73 Å². The molecule has 3 aliphatic heterocycles. The smallest absolute Gasteiger partial charge is 0.129 e. The summed E-state index contributed by atoms with van der Waals surface area (Å²) < 4.78 is 2.77. The molecule has 88 valence electrons. The highest BCUT2D eigenvalue weighted by Gasteiger charge is 2.49. The Morgan fingerprint density at radius 1 is 1.00 bits per heavy atom. The molecule has 0 radical (unpaired) electrons. The second kappa shape index (κ2) is 4.04. The second-order valence-corrected chi connectivity index (χ2v) is 5.86. The Bertz CT molecular complexity index is 200. The summed E-state index contributed by atoms with van der Waals surface area (Å²) in [6, 6.07) is 0.821. The molecule has 3 aliphatic rings. The Morgan fingerprint density at radius 3 is 1.93 bits per heavy atom. The summed E-state index contributed by atoms with van der Waals surface area (Å²) in [7, 11) is 0. The van der Waals surface area contributed by atoms with Crippen LogP contribution in [-0.4, -0.2) is 67.4 Å². The van der Waals surface area contributed by atoms with Crippen molar-refractivity contribution in [2.24, 2.45) is 5.73 Å². The van der Waals surface area contributed by atoms with E-state index in [0.717, 1.165) is 12.6 Å². The van der Waals surface area contributed by atoms with Crippen LogP contribution >= 0.6 is 0 Å². The van der Waals surface area contributed by atoms with Gasteiger partial charge in [-0.25, -0.2) is 0 Å². The first-order chi connectivity index (χ1) is 7.13. The Kier molecular flexibility index (Phi) is 3.06. The maximum atomic E-state index is 5.63. The topological polar surface area (TPSA) is 26.0 Å². The van der Waals surface area contributed by atoms with Crippen molar-refractivity contribution >= 4 is 0 Å². The molecule has 0 aromatic carbocycles. The Labute approximate surface area is 94.0 Å². The van der Waals surface area contributed by atoms with Crippen LogP contribution in [0.25, 0.3) is 0 Å². The van der Waals surface area contributed by atoms with Crippen molar-refractivity contribution in [1.29, 1.82) is 0 Å². The zero-order valence-electron chi connectivity index (χ0n) is 10.4. The van der Waals surface area contributed by atoms with Gasteiger partial charge in [0.15, 0.2) is 0 Å². The second-order valence-electron chi connectivity index (χ2n) is 5.86. The largest absolute Gasteiger partial charge is 0.330 e. The van der Waals surface area contributed by atoms with Crippen molar-refractivity contribution in [3.8, 4) is 0 Å². The molecular weight excluding hydrogens is 186 g/mol. The van der Waals surface area contributed by atoms with Crippen LogP contribution in [0.2, 0.25) is 0 Å². The van der Waals surface area contributed by atoms with Crippen molar-refractivity contribution in [3.05, 3.63) is 0 Å². The fourth-order valence-corrected chi connectivity index (χ4v) is 3.44. The zero-order chi connectivity index (χ0) is 10.9. The highest BCUT2D eigenvalue weighted by molar-refractivity contribution is 4.64. The average Bonchev–Trinajstić information content (AvgIpc) is 2.29. The Balaban J connectivity index is 1.98. The van der Waals surface area contributed by atoms with Crippen molar-refractivity contribution in [1.82, 2.24) is 0 Å². The molecule has 2 bridgehead atoms. The van der Waals surface area contributed by atoms with E-state index < -0.39 is 0 Å². The molecule has 3 heterocycles. The number of nitrogens with zero attached hydrogens (tertiary/aromatic N) is 2. The van der Waals surface area contributed by atoms with Gasteiger partial charge in [-0.05, 0) is 20.4 Å². The lowest BCUT2D eigenvalue weighted by molar-refractivity contribution is -1.09. The van der Waals surface area contributed by atoms with Crippen molar-refractivity contribution in [3.63, 3.8) is 0 Å². The van der Waals surface area contributed by atoms with Gasteiger partial charge in [0.1, 0.15) is 39.3 Å². The summed E-state index contributed by atoms with van der Waals surface area (Å²) in [5.74, 6) is 0. The highest BCUT2D eigenvalue weighted by Crippen LogP contribution is 2.29. The number of quaternary nitrogens is 2. The molecule has 0 spiro atoms. The maximum Gasteiger partial charge on any atom is 0.129 e. The van der Waals surface area contributed by atoms with Crippen molar-refractivity contribution in [2.45, 2.75) is 26.3 Å². The van der Waals surface area contributed by atoms with Crippen LogP contribution in [0.1, 0.15) is 20.3 Å². The zero-order valence-corrected chi connectivity index (χ0v) is 10.4. The third kappa shape index (κ3) is 1.93.